The van der Waals surface area contributed by atoms with Crippen molar-refractivity contribution in [3.8, 4) is 11.5 Å². The summed E-state index contributed by atoms with van der Waals surface area (Å²) < 4.78 is 41.5. The molecule has 0 unspecified atom stereocenters. The average Bonchev–Trinajstić information content (AvgIpc) is 2.78. The molecule has 0 aliphatic carbocycles. The SMILES string of the molecule is COc1ccc(C(=O)c2ccccc2)c(OS(=O)(=O)c2ccc3oc(=O)ccc3c2)c1. The van der Waals surface area contributed by atoms with Crippen LogP contribution < -0.4 is 14.5 Å². The van der Waals surface area contributed by atoms with Gasteiger partial charge in [-0.2, -0.15) is 8.42 Å². The van der Waals surface area contributed by atoms with Crippen LogP contribution >= 0.6 is 0 Å². The first-order chi connectivity index (χ1) is 14.9. The molecular formula is C23H16O7S. The lowest BCUT2D eigenvalue weighted by atomic mass is 10.0. The summed E-state index contributed by atoms with van der Waals surface area (Å²) in [5, 5.41) is 0.413. The molecule has 0 saturated carbocycles. The maximum absolute atomic E-state index is 13.0. The topological polar surface area (TPSA) is 99.9 Å². The van der Waals surface area contributed by atoms with Crippen LogP contribution in [0.2, 0.25) is 0 Å². The number of carbonyl (C=O) groups is 1. The Morgan fingerprint density at radius 1 is 0.903 bits per heavy atom. The Morgan fingerprint density at radius 2 is 1.68 bits per heavy atom. The van der Waals surface area contributed by atoms with Crippen LogP contribution in [0.1, 0.15) is 15.9 Å². The summed E-state index contributed by atoms with van der Waals surface area (Å²) in [4.78, 5) is 24.1. The van der Waals surface area contributed by atoms with Crippen molar-refractivity contribution in [1.82, 2.24) is 0 Å². The van der Waals surface area contributed by atoms with Gasteiger partial charge in [0.25, 0.3) is 0 Å². The first kappa shape index (κ1) is 20.4. The lowest BCUT2D eigenvalue weighted by Gasteiger charge is -2.13. The minimum Gasteiger partial charge on any atom is -0.497 e. The van der Waals surface area contributed by atoms with Crippen molar-refractivity contribution < 1.29 is 26.5 Å². The first-order valence-corrected chi connectivity index (χ1v) is 10.5. The second-order valence-corrected chi connectivity index (χ2v) is 8.10. The van der Waals surface area contributed by atoms with Crippen molar-refractivity contribution in [2.24, 2.45) is 0 Å². The average molecular weight is 436 g/mol. The summed E-state index contributed by atoms with van der Waals surface area (Å²) in [6, 6.07) is 19.4. The maximum atomic E-state index is 13.0. The van der Waals surface area contributed by atoms with Crippen LogP contribution in [0.25, 0.3) is 11.0 Å². The summed E-state index contributed by atoms with van der Waals surface area (Å²) in [5.74, 6) is -0.225. The number of hydrogen-bond acceptors (Lipinski definition) is 7. The number of carbonyl (C=O) groups excluding carboxylic acids is 1. The Labute approximate surface area is 177 Å². The summed E-state index contributed by atoms with van der Waals surface area (Å²) in [6.07, 6.45) is 0. The molecule has 31 heavy (non-hydrogen) atoms. The van der Waals surface area contributed by atoms with E-state index in [9.17, 15) is 18.0 Å². The van der Waals surface area contributed by atoms with Gasteiger partial charge in [-0.1, -0.05) is 30.3 Å². The molecular weight excluding hydrogens is 420 g/mol. The molecule has 0 amide bonds. The standard InChI is InChI=1S/C23H16O7S/c1-28-17-8-10-19(23(25)15-5-3-2-4-6-15)21(14-17)30-31(26,27)18-9-11-20-16(13-18)7-12-22(24)29-20/h2-14H,1H3. The Morgan fingerprint density at radius 3 is 2.42 bits per heavy atom. The zero-order valence-corrected chi connectivity index (χ0v) is 17.1. The molecule has 8 heteroatoms. The Hall–Kier alpha value is -3.91. The minimum absolute atomic E-state index is 0.0716. The van der Waals surface area contributed by atoms with E-state index >= 15 is 0 Å². The molecule has 3 aromatic carbocycles. The quantitative estimate of drug-likeness (QED) is 0.257. The molecule has 0 radical (unpaired) electrons. The normalized spacial score (nSPS) is 11.3. The maximum Gasteiger partial charge on any atom is 0.339 e. The molecule has 1 heterocycles. The molecule has 0 spiro atoms. The number of fused-ring (bicyclic) bond motifs is 1. The van der Waals surface area contributed by atoms with Crippen LogP contribution in [0.5, 0.6) is 11.5 Å². The van der Waals surface area contributed by atoms with Crippen molar-refractivity contribution in [3.05, 3.63) is 100 Å². The molecule has 1 aromatic heterocycles. The molecule has 7 nitrogen and oxygen atoms in total. The predicted molar refractivity (Wildman–Crippen MR) is 113 cm³/mol. The third-order valence-corrected chi connectivity index (χ3v) is 5.78. The number of benzene rings is 3. The van der Waals surface area contributed by atoms with Gasteiger partial charge >= 0.3 is 15.7 Å². The fourth-order valence-electron chi connectivity index (χ4n) is 3.00. The van der Waals surface area contributed by atoms with E-state index in [4.69, 9.17) is 13.3 Å². The van der Waals surface area contributed by atoms with E-state index in [-0.39, 0.29) is 21.8 Å². The molecule has 0 aliphatic heterocycles. The highest BCUT2D eigenvalue weighted by molar-refractivity contribution is 7.87. The van der Waals surface area contributed by atoms with Crippen molar-refractivity contribution in [3.63, 3.8) is 0 Å². The molecule has 0 saturated heterocycles. The van der Waals surface area contributed by atoms with E-state index in [0.717, 1.165) is 0 Å². The fourth-order valence-corrected chi connectivity index (χ4v) is 3.98. The van der Waals surface area contributed by atoms with Crippen LogP contribution in [-0.4, -0.2) is 21.3 Å². The first-order valence-electron chi connectivity index (χ1n) is 9.13. The van der Waals surface area contributed by atoms with E-state index in [2.05, 4.69) is 0 Å². The summed E-state index contributed by atoms with van der Waals surface area (Å²) in [5.41, 5.74) is 0.158. The van der Waals surface area contributed by atoms with Gasteiger partial charge < -0.3 is 13.3 Å². The van der Waals surface area contributed by atoms with Crippen LogP contribution in [0.15, 0.2) is 93.0 Å². The second-order valence-electron chi connectivity index (χ2n) is 6.55. The van der Waals surface area contributed by atoms with Gasteiger partial charge in [0.05, 0.1) is 12.7 Å². The smallest absolute Gasteiger partial charge is 0.339 e. The largest absolute Gasteiger partial charge is 0.497 e. The summed E-state index contributed by atoms with van der Waals surface area (Å²) >= 11 is 0. The van der Waals surface area contributed by atoms with Gasteiger partial charge in [-0.25, -0.2) is 4.79 Å². The molecule has 4 aromatic rings. The molecule has 0 atom stereocenters. The highest BCUT2D eigenvalue weighted by Crippen LogP contribution is 2.30. The third-order valence-electron chi connectivity index (χ3n) is 4.55. The van der Waals surface area contributed by atoms with Crippen LogP contribution in [0.4, 0.5) is 0 Å². The van der Waals surface area contributed by atoms with E-state index in [1.165, 1.54) is 49.6 Å². The van der Waals surface area contributed by atoms with Gasteiger partial charge in [-0.3, -0.25) is 4.79 Å². The van der Waals surface area contributed by atoms with E-state index in [1.54, 1.807) is 36.4 Å². The Kier molecular flexibility index (Phi) is 5.31. The summed E-state index contributed by atoms with van der Waals surface area (Å²) in [7, 11) is -2.89. The predicted octanol–water partition coefficient (Wildman–Crippen LogP) is 3.80. The zero-order chi connectivity index (χ0) is 22.0. The molecule has 0 bridgehead atoms. The third kappa shape index (κ3) is 4.19. The number of ether oxygens (including phenoxy) is 1. The van der Waals surface area contributed by atoms with Gasteiger partial charge in [0.15, 0.2) is 11.5 Å². The lowest BCUT2D eigenvalue weighted by Crippen LogP contribution is -2.13. The number of methoxy groups -OCH3 is 1. The van der Waals surface area contributed by atoms with Crippen LogP contribution in [-0.2, 0) is 10.1 Å². The number of ketones is 1. The number of hydrogen-bond donors (Lipinski definition) is 0. The molecule has 0 N–H and O–H groups in total. The van der Waals surface area contributed by atoms with E-state index in [1.807, 2.05) is 0 Å². The molecule has 4 rings (SSSR count). The Balaban J connectivity index is 1.76. The lowest BCUT2D eigenvalue weighted by molar-refractivity contribution is 0.103. The van der Waals surface area contributed by atoms with Crippen LogP contribution in [0.3, 0.4) is 0 Å². The monoisotopic (exact) mass is 436 g/mol. The second kappa shape index (κ2) is 8.08. The highest BCUT2D eigenvalue weighted by Gasteiger charge is 2.23. The van der Waals surface area contributed by atoms with Crippen molar-refractivity contribution in [2.75, 3.05) is 7.11 Å². The van der Waals surface area contributed by atoms with Gasteiger partial charge in [0.1, 0.15) is 16.2 Å². The molecule has 0 fully saturated rings. The highest BCUT2D eigenvalue weighted by atomic mass is 32.2. The van der Waals surface area contributed by atoms with Gasteiger partial charge in [-0.05, 0) is 36.4 Å². The van der Waals surface area contributed by atoms with Gasteiger partial charge in [0, 0.05) is 23.1 Å². The van der Waals surface area contributed by atoms with Crippen LogP contribution in [0, 0.1) is 0 Å². The zero-order valence-electron chi connectivity index (χ0n) is 16.3. The van der Waals surface area contributed by atoms with Gasteiger partial charge in [0.2, 0.25) is 0 Å². The fraction of sp³-hybridized carbons (Fsp3) is 0.0435. The molecule has 156 valence electrons. The summed E-state index contributed by atoms with van der Waals surface area (Å²) in [6.45, 7) is 0. The van der Waals surface area contributed by atoms with Crippen molar-refractivity contribution >= 4 is 26.9 Å². The van der Waals surface area contributed by atoms with E-state index < -0.39 is 21.5 Å². The molecule has 0 aliphatic rings. The Bertz CT molecular complexity index is 1440. The van der Waals surface area contributed by atoms with Crippen molar-refractivity contribution in [2.45, 2.75) is 4.90 Å². The van der Waals surface area contributed by atoms with Crippen molar-refractivity contribution in [1.29, 1.82) is 0 Å². The minimum atomic E-state index is -4.31. The van der Waals surface area contributed by atoms with Gasteiger partial charge in [-0.15, -0.1) is 0 Å². The van der Waals surface area contributed by atoms with E-state index in [0.29, 0.717) is 16.7 Å². The number of rotatable bonds is 6.